The second-order valence-electron chi connectivity index (χ2n) is 4.27. The normalized spacial score (nSPS) is 25.1. The Balaban J connectivity index is 1.95. The van der Waals surface area contributed by atoms with Gasteiger partial charge in [-0.1, -0.05) is 13.0 Å². The Morgan fingerprint density at radius 2 is 2.21 bits per heavy atom. The molecule has 1 N–H and O–H groups in total. The standard InChI is InChI=1S/C12H16FN/c1-8-5-11(13)4-3-10(8)7-14-12-6-9(12)2/h3-5,9,12,14H,6-7H2,1-2H3. The first-order valence-corrected chi connectivity index (χ1v) is 5.15. The van der Waals surface area contributed by atoms with Gasteiger partial charge in [-0.2, -0.15) is 0 Å². The molecule has 0 bridgehead atoms. The lowest BCUT2D eigenvalue weighted by Gasteiger charge is -2.06. The van der Waals surface area contributed by atoms with Gasteiger partial charge in [0.2, 0.25) is 0 Å². The van der Waals surface area contributed by atoms with E-state index in [-0.39, 0.29) is 5.82 Å². The number of aryl methyl sites for hydroxylation is 1. The zero-order chi connectivity index (χ0) is 10.1. The van der Waals surface area contributed by atoms with Crippen molar-refractivity contribution in [3.05, 3.63) is 35.1 Å². The van der Waals surface area contributed by atoms with Gasteiger partial charge in [0.05, 0.1) is 0 Å². The minimum Gasteiger partial charge on any atom is -0.310 e. The Labute approximate surface area is 84.3 Å². The van der Waals surface area contributed by atoms with Gasteiger partial charge in [0.25, 0.3) is 0 Å². The molecule has 0 spiro atoms. The lowest BCUT2D eigenvalue weighted by Crippen LogP contribution is -2.17. The molecular weight excluding hydrogens is 177 g/mol. The summed E-state index contributed by atoms with van der Waals surface area (Å²) in [5.41, 5.74) is 2.23. The van der Waals surface area contributed by atoms with Crippen LogP contribution in [0.25, 0.3) is 0 Å². The van der Waals surface area contributed by atoms with Crippen LogP contribution in [0.15, 0.2) is 18.2 Å². The fourth-order valence-corrected chi connectivity index (χ4v) is 1.71. The summed E-state index contributed by atoms with van der Waals surface area (Å²) < 4.78 is 12.8. The molecular formula is C12H16FN. The average molecular weight is 193 g/mol. The van der Waals surface area contributed by atoms with E-state index in [9.17, 15) is 4.39 Å². The highest BCUT2D eigenvalue weighted by molar-refractivity contribution is 5.26. The molecule has 1 fully saturated rings. The lowest BCUT2D eigenvalue weighted by molar-refractivity contribution is 0.620. The van der Waals surface area contributed by atoms with Crippen LogP contribution in [-0.2, 0) is 6.54 Å². The van der Waals surface area contributed by atoms with Crippen molar-refractivity contribution in [3.63, 3.8) is 0 Å². The molecule has 2 rings (SSSR count). The fourth-order valence-electron chi connectivity index (χ4n) is 1.71. The van der Waals surface area contributed by atoms with Crippen LogP contribution in [0.1, 0.15) is 24.5 Å². The Kier molecular flexibility index (Phi) is 2.55. The van der Waals surface area contributed by atoms with E-state index in [1.807, 2.05) is 13.0 Å². The lowest BCUT2D eigenvalue weighted by atomic mass is 10.1. The van der Waals surface area contributed by atoms with Gasteiger partial charge in [-0.3, -0.25) is 0 Å². The maximum absolute atomic E-state index is 12.8. The van der Waals surface area contributed by atoms with Crippen molar-refractivity contribution < 1.29 is 4.39 Å². The van der Waals surface area contributed by atoms with Crippen LogP contribution in [-0.4, -0.2) is 6.04 Å². The largest absolute Gasteiger partial charge is 0.310 e. The third kappa shape index (κ3) is 2.13. The van der Waals surface area contributed by atoms with Gasteiger partial charge in [0, 0.05) is 12.6 Å². The smallest absolute Gasteiger partial charge is 0.123 e. The molecule has 0 radical (unpaired) electrons. The highest BCUT2D eigenvalue weighted by Gasteiger charge is 2.31. The highest BCUT2D eigenvalue weighted by Crippen LogP contribution is 2.29. The SMILES string of the molecule is Cc1cc(F)ccc1CNC1CC1C. The van der Waals surface area contributed by atoms with Crippen molar-refractivity contribution in [2.45, 2.75) is 32.9 Å². The van der Waals surface area contributed by atoms with E-state index in [2.05, 4.69) is 12.2 Å². The number of nitrogens with one attached hydrogen (secondary N) is 1. The first kappa shape index (κ1) is 9.66. The summed E-state index contributed by atoms with van der Waals surface area (Å²) in [6.45, 7) is 5.06. The molecule has 0 heterocycles. The zero-order valence-electron chi connectivity index (χ0n) is 8.68. The van der Waals surface area contributed by atoms with Crippen LogP contribution in [0.2, 0.25) is 0 Å². The van der Waals surface area contributed by atoms with Crippen molar-refractivity contribution in [1.29, 1.82) is 0 Å². The molecule has 2 atom stereocenters. The maximum atomic E-state index is 12.8. The second kappa shape index (κ2) is 3.70. The average Bonchev–Trinajstić information content (AvgIpc) is 2.80. The maximum Gasteiger partial charge on any atom is 0.123 e. The molecule has 76 valence electrons. The van der Waals surface area contributed by atoms with E-state index in [4.69, 9.17) is 0 Å². The molecule has 1 aliphatic rings. The Morgan fingerprint density at radius 3 is 2.79 bits per heavy atom. The number of hydrogen-bond acceptors (Lipinski definition) is 1. The first-order chi connectivity index (χ1) is 6.66. The molecule has 0 saturated heterocycles. The Bertz CT molecular complexity index is 335. The van der Waals surface area contributed by atoms with Crippen LogP contribution in [0.5, 0.6) is 0 Å². The molecule has 0 aromatic heterocycles. The fraction of sp³-hybridized carbons (Fsp3) is 0.500. The highest BCUT2D eigenvalue weighted by atomic mass is 19.1. The molecule has 14 heavy (non-hydrogen) atoms. The molecule has 1 nitrogen and oxygen atoms in total. The minimum absolute atomic E-state index is 0.147. The van der Waals surface area contributed by atoms with Gasteiger partial charge in [0.1, 0.15) is 5.82 Å². The Hall–Kier alpha value is -0.890. The number of rotatable bonds is 3. The minimum atomic E-state index is -0.147. The van der Waals surface area contributed by atoms with Crippen molar-refractivity contribution >= 4 is 0 Å². The molecule has 1 aromatic carbocycles. The third-order valence-corrected chi connectivity index (χ3v) is 2.97. The van der Waals surface area contributed by atoms with E-state index >= 15 is 0 Å². The third-order valence-electron chi connectivity index (χ3n) is 2.97. The van der Waals surface area contributed by atoms with E-state index in [0.29, 0.717) is 6.04 Å². The topological polar surface area (TPSA) is 12.0 Å². The summed E-state index contributed by atoms with van der Waals surface area (Å²) >= 11 is 0. The van der Waals surface area contributed by atoms with Crippen LogP contribution >= 0.6 is 0 Å². The van der Waals surface area contributed by atoms with Crippen molar-refractivity contribution in [3.8, 4) is 0 Å². The van der Waals surface area contributed by atoms with E-state index < -0.39 is 0 Å². The molecule has 0 aliphatic heterocycles. The second-order valence-corrected chi connectivity index (χ2v) is 4.27. The number of benzene rings is 1. The predicted octanol–water partition coefficient (Wildman–Crippen LogP) is 2.63. The molecule has 1 aliphatic carbocycles. The summed E-state index contributed by atoms with van der Waals surface area (Å²) in [5, 5.41) is 3.46. The summed E-state index contributed by atoms with van der Waals surface area (Å²) in [4.78, 5) is 0. The summed E-state index contributed by atoms with van der Waals surface area (Å²) in [6, 6.07) is 5.66. The van der Waals surface area contributed by atoms with Crippen LogP contribution in [0.3, 0.4) is 0 Å². The van der Waals surface area contributed by atoms with Gasteiger partial charge < -0.3 is 5.32 Å². The van der Waals surface area contributed by atoms with Gasteiger partial charge in [-0.05, 0) is 42.5 Å². The van der Waals surface area contributed by atoms with Gasteiger partial charge >= 0.3 is 0 Å². The van der Waals surface area contributed by atoms with E-state index in [1.165, 1.54) is 18.1 Å². The number of halogens is 1. The quantitative estimate of drug-likeness (QED) is 0.778. The molecule has 2 heteroatoms. The van der Waals surface area contributed by atoms with Crippen LogP contribution in [0, 0.1) is 18.7 Å². The first-order valence-electron chi connectivity index (χ1n) is 5.15. The summed E-state index contributed by atoms with van der Waals surface area (Å²) in [5.74, 6) is 0.668. The summed E-state index contributed by atoms with van der Waals surface area (Å²) in [7, 11) is 0. The van der Waals surface area contributed by atoms with Gasteiger partial charge in [-0.15, -0.1) is 0 Å². The van der Waals surface area contributed by atoms with Gasteiger partial charge in [-0.25, -0.2) is 4.39 Å². The molecule has 1 aromatic rings. The monoisotopic (exact) mass is 193 g/mol. The predicted molar refractivity (Wildman–Crippen MR) is 55.5 cm³/mol. The molecule has 2 unspecified atom stereocenters. The van der Waals surface area contributed by atoms with E-state index in [1.54, 1.807) is 6.07 Å². The molecule has 0 amide bonds. The van der Waals surface area contributed by atoms with Crippen LogP contribution in [0.4, 0.5) is 4.39 Å². The van der Waals surface area contributed by atoms with Crippen molar-refractivity contribution in [2.24, 2.45) is 5.92 Å². The zero-order valence-corrected chi connectivity index (χ0v) is 8.68. The van der Waals surface area contributed by atoms with Crippen molar-refractivity contribution in [2.75, 3.05) is 0 Å². The van der Waals surface area contributed by atoms with E-state index in [0.717, 1.165) is 18.0 Å². The Morgan fingerprint density at radius 1 is 1.50 bits per heavy atom. The van der Waals surface area contributed by atoms with Crippen molar-refractivity contribution in [1.82, 2.24) is 5.32 Å². The summed E-state index contributed by atoms with van der Waals surface area (Å²) in [6.07, 6.45) is 1.28. The van der Waals surface area contributed by atoms with Crippen LogP contribution < -0.4 is 5.32 Å². The molecule has 1 saturated carbocycles. The number of hydrogen-bond donors (Lipinski definition) is 1. The van der Waals surface area contributed by atoms with Gasteiger partial charge in [0.15, 0.2) is 0 Å².